The first kappa shape index (κ1) is 25.1. The van der Waals surface area contributed by atoms with Crippen LogP contribution in [0.2, 0.25) is 0 Å². The summed E-state index contributed by atoms with van der Waals surface area (Å²) >= 11 is 0. The summed E-state index contributed by atoms with van der Waals surface area (Å²) in [6.07, 6.45) is 0. The normalized spacial score (nSPS) is 12.8. The molecule has 2 heteroatoms. The Bertz CT molecular complexity index is 2010. The van der Waals surface area contributed by atoms with Crippen molar-refractivity contribution in [3.05, 3.63) is 192 Å². The van der Waals surface area contributed by atoms with Gasteiger partial charge in [-0.3, -0.25) is 0 Å². The predicted molar refractivity (Wildman–Crippen MR) is 181 cm³/mol. The van der Waals surface area contributed by atoms with Crippen molar-refractivity contribution >= 4 is 33.5 Å². The number of fused-ring (bicyclic) bond motifs is 5. The molecule has 204 valence electrons. The molecule has 0 aromatic heterocycles. The van der Waals surface area contributed by atoms with Crippen molar-refractivity contribution in [3.8, 4) is 11.1 Å². The fourth-order valence-electron chi connectivity index (χ4n) is 6.89. The molecular formula is C41H30N2. The molecule has 2 nitrogen and oxygen atoms in total. The Morgan fingerprint density at radius 1 is 0.372 bits per heavy atom. The molecule has 0 fully saturated rings. The van der Waals surface area contributed by atoms with Crippen molar-refractivity contribution in [1.82, 2.24) is 0 Å². The van der Waals surface area contributed by atoms with Gasteiger partial charge in [-0.05, 0) is 81.2 Å². The van der Waals surface area contributed by atoms with E-state index in [1.807, 2.05) is 6.07 Å². The topological polar surface area (TPSA) is 24.1 Å². The van der Waals surface area contributed by atoms with Gasteiger partial charge in [0.25, 0.3) is 0 Å². The summed E-state index contributed by atoms with van der Waals surface area (Å²) in [5.41, 5.74) is 11.4. The smallest absolute Gasteiger partial charge is 0.0715 e. The molecule has 0 atom stereocenters. The molecule has 0 saturated heterocycles. The minimum atomic E-state index is -0.515. The van der Waals surface area contributed by atoms with Gasteiger partial charge in [-0.1, -0.05) is 127 Å². The maximum Gasteiger partial charge on any atom is 0.0715 e. The van der Waals surface area contributed by atoms with E-state index in [2.05, 4.69) is 174 Å². The van der Waals surface area contributed by atoms with Crippen LogP contribution in [0.1, 0.15) is 22.3 Å². The van der Waals surface area contributed by atoms with Gasteiger partial charge in [0.2, 0.25) is 0 Å². The molecule has 8 rings (SSSR count). The lowest BCUT2D eigenvalue weighted by Gasteiger charge is -2.34. The number of hydrogen-bond donors (Lipinski definition) is 2. The van der Waals surface area contributed by atoms with Crippen LogP contribution in [-0.4, -0.2) is 0 Å². The first-order chi connectivity index (χ1) is 21.3. The van der Waals surface area contributed by atoms with Gasteiger partial charge in [-0.2, -0.15) is 0 Å². The lowest BCUT2D eigenvalue weighted by atomic mass is 9.67. The Kier molecular flexibility index (Phi) is 6.05. The third kappa shape index (κ3) is 4.11. The predicted octanol–water partition coefficient (Wildman–Crippen LogP) is 10.7. The van der Waals surface area contributed by atoms with Crippen molar-refractivity contribution in [2.24, 2.45) is 0 Å². The zero-order valence-electron chi connectivity index (χ0n) is 23.7. The van der Waals surface area contributed by atoms with Gasteiger partial charge >= 0.3 is 0 Å². The van der Waals surface area contributed by atoms with Crippen molar-refractivity contribution in [2.75, 3.05) is 10.6 Å². The number of rotatable bonds is 6. The monoisotopic (exact) mass is 550 g/mol. The van der Waals surface area contributed by atoms with Gasteiger partial charge in [0, 0.05) is 28.1 Å². The van der Waals surface area contributed by atoms with Gasteiger partial charge in [0.1, 0.15) is 0 Å². The molecule has 0 saturated carbocycles. The van der Waals surface area contributed by atoms with Crippen LogP contribution in [-0.2, 0) is 5.41 Å². The van der Waals surface area contributed by atoms with Gasteiger partial charge in [0.05, 0.1) is 5.41 Å². The molecule has 0 unspecified atom stereocenters. The van der Waals surface area contributed by atoms with E-state index in [4.69, 9.17) is 0 Å². The van der Waals surface area contributed by atoms with Crippen LogP contribution < -0.4 is 10.6 Å². The SMILES string of the molecule is c1ccc(Nc2ccc3c(c2)C(c2ccccc2)(c2ccccc2)c2cc(Nc4ccccc4)c4ccccc4c2-3)cc1. The molecule has 0 bridgehead atoms. The lowest BCUT2D eigenvalue weighted by molar-refractivity contribution is 0.769. The van der Waals surface area contributed by atoms with Crippen LogP contribution in [0.4, 0.5) is 22.7 Å². The standard InChI is InChI=1S/C41H30N2/c1-5-15-29(16-6-1)41(30-17-7-2-8-18-30)37-27-33(42-31-19-9-3-10-20-31)25-26-36(37)40-35-24-14-13-23-34(35)39(28-38(40)41)43-32-21-11-4-12-22-32/h1-28,42-43H. The summed E-state index contributed by atoms with van der Waals surface area (Å²) in [6.45, 7) is 0. The van der Waals surface area contributed by atoms with E-state index >= 15 is 0 Å². The third-order valence-corrected chi connectivity index (χ3v) is 8.67. The van der Waals surface area contributed by atoms with E-state index < -0.39 is 5.41 Å². The van der Waals surface area contributed by atoms with Gasteiger partial charge in [-0.25, -0.2) is 0 Å². The molecule has 1 aliphatic carbocycles. The third-order valence-electron chi connectivity index (χ3n) is 8.67. The summed E-state index contributed by atoms with van der Waals surface area (Å²) in [5, 5.41) is 9.90. The Morgan fingerprint density at radius 2 is 0.884 bits per heavy atom. The van der Waals surface area contributed by atoms with Crippen LogP contribution in [0.25, 0.3) is 21.9 Å². The number of anilines is 4. The summed E-state index contributed by atoms with van der Waals surface area (Å²) in [6, 6.07) is 60.9. The fraction of sp³-hybridized carbons (Fsp3) is 0.0244. The highest BCUT2D eigenvalue weighted by atomic mass is 14.9. The molecule has 43 heavy (non-hydrogen) atoms. The van der Waals surface area contributed by atoms with Crippen LogP contribution in [0, 0.1) is 0 Å². The molecule has 0 heterocycles. The summed E-state index contributed by atoms with van der Waals surface area (Å²) in [7, 11) is 0. The zero-order valence-corrected chi connectivity index (χ0v) is 23.7. The minimum absolute atomic E-state index is 0.515. The molecule has 0 radical (unpaired) electrons. The average Bonchev–Trinajstić information content (AvgIpc) is 3.37. The van der Waals surface area contributed by atoms with Gasteiger partial charge in [0.15, 0.2) is 0 Å². The average molecular weight is 551 g/mol. The van der Waals surface area contributed by atoms with E-state index in [1.165, 1.54) is 44.2 Å². The molecule has 2 N–H and O–H groups in total. The largest absolute Gasteiger partial charge is 0.356 e. The zero-order chi connectivity index (χ0) is 28.6. The van der Waals surface area contributed by atoms with E-state index in [1.54, 1.807) is 0 Å². The maximum atomic E-state index is 3.78. The first-order valence-corrected chi connectivity index (χ1v) is 14.8. The van der Waals surface area contributed by atoms with Crippen LogP contribution in [0.3, 0.4) is 0 Å². The molecule has 7 aromatic rings. The molecular weight excluding hydrogens is 520 g/mol. The van der Waals surface area contributed by atoms with E-state index in [0.717, 1.165) is 22.7 Å². The second kappa shape index (κ2) is 10.3. The van der Waals surface area contributed by atoms with Crippen molar-refractivity contribution < 1.29 is 0 Å². The van der Waals surface area contributed by atoms with Crippen molar-refractivity contribution in [1.29, 1.82) is 0 Å². The second-order valence-electron chi connectivity index (χ2n) is 11.1. The van der Waals surface area contributed by atoms with Crippen molar-refractivity contribution in [2.45, 2.75) is 5.41 Å². The number of para-hydroxylation sites is 2. The number of benzene rings is 7. The summed E-state index contributed by atoms with van der Waals surface area (Å²) in [5.74, 6) is 0. The number of nitrogens with one attached hydrogen (secondary N) is 2. The van der Waals surface area contributed by atoms with Crippen LogP contribution >= 0.6 is 0 Å². The first-order valence-electron chi connectivity index (χ1n) is 14.8. The molecule has 1 aliphatic rings. The van der Waals surface area contributed by atoms with E-state index in [9.17, 15) is 0 Å². The lowest BCUT2D eigenvalue weighted by Crippen LogP contribution is -2.28. The van der Waals surface area contributed by atoms with Crippen LogP contribution in [0.15, 0.2) is 170 Å². The molecule has 0 amide bonds. The highest BCUT2D eigenvalue weighted by molar-refractivity contribution is 6.09. The van der Waals surface area contributed by atoms with E-state index in [-0.39, 0.29) is 0 Å². The minimum Gasteiger partial charge on any atom is -0.356 e. The fourth-order valence-corrected chi connectivity index (χ4v) is 6.89. The van der Waals surface area contributed by atoms with Crippen LogP contribution in [0.5, 0.6) is 0 Å². The number of hydrogen-bond acceptors (Lipinski definition) is 2. The Morgan fingerprint density at radius 3 is 1.49 bits per heavy atom. The van der Waals surface area contributed by atoms with E-state index in [0.29, 0.717) is 0 Å². The quantitative estimate of drug-likeness (QED) is 0.215. The Labute approximate surface area is 252 Å². The van der Waals surface area contributed by atoms with Gasteiger partial charge < -0.3 is 10.6 Å². The molecule has 0 aliphatic heterocycles. The maximum absolute atomic E-state index is 3.78. The summed E-state index contributed by atoms with van der Waals surface area (Å²) in [4.78, 5) is 0. The molecule has 7 aromatic carbocycles. The van der Waals surface area contributed by atoms with Gasteiger partial charge in [-0.15, -0.1) is 0 Å². The highest BCUT2D eigenvalue weighted by Crippen LogP contribution is 2.59. The Hall–Kier alpha value is -5.60. The Balaban J connectivity index is 1.47. The second-order valence-corrected chi connectivity index (χ2v) is 11.1. The summed E-state index contributed by atoms with van der Waals surface area (Å²) < 4.78 is 0. The molecule has 0 spiro atoms. The van der Waals surface area contributed by atoms with Crippen molar-refractivity contribution in [3.63, 3.8) is 0 Å². The highest BCUT2D eigenvalue weighted by Gasteiger charge is 2.47.